The normalized spacial score (nSPS) is 11.7. The van der Waals surface area contributed by atoms with E-state index in [2.05, 4.69) is 204 Å². The number of para-hydroxylation sites is 4. The zero-order valence-electron chi connectivity index (χ0n) is 27.8. The van der Waals surface area contributed by atoms with Gasteiger partial charge in [0.1, 0.15) is 11.5 Å². The van der Waals surface area contributed by atoms with Crippen molar-refractivity contribution in [3.8, 4) is 22.6 Å². The van der Waals surface area contributed by atoms with E-state index in [1.165, 1.54) is 32.5 Å². The van der Waals surface area contributed by atoms with Crippen LogP contribution in [-0.4, -0.2) is 0 Å². The average Bonchev–Trinajstić information content (AvgIpc) is 3.20. The van der Waals surface area contributed by atoms with Crippen LogP contribution in [0.4, 0.5) is 34.1 Å². The molecule has 240 valence electrons. The fraction of sp³-hybridized carbons (Fsp3) is 0. The van der Waals surface area contributed by atoms with Crippen molar-refractivity contribution in [3.63, 3.8) is 0 Å². The van der Waals surface area contributed by atoms with Gasteiger partial charge < -0.3 is 14.5 Å². The van der Waals surface area contributed by atoms with E-state index in [1.807, 2.05) is 0 Å². The minimum atomic E-state index is 0.851. The van der Waals surface area contributed by atoms with Crippen LogP contribution in [0.5, 0.6) is 11.5 Å². The van der Waals surface area contributed by atoms with Gasteiger partial charge >= 0.3 is 0 Å². The number of nitrogens with zero attached hydrogens (tertiary/aromatic N) is 2. The molecule has 51 heavy (non-hydrogen) atoms. The first-order valence-electron chi connectivity index (χ1n) is 17.4. The smallest absolute Gasteiger partial charge is 0.137 e. The van der Waals surface area contributed by atoms with Crippen LogP contribution in [0.2, 0.25) is 0 Å². The third kappa shape index (κ3) is 4.82. The molecule has 0 spiro atoms. The Labute approximate surface area is 296 Å². The van der Waals surface area contributed by atoms with E-state index >= 15 is 0 Å². The van der Waals surface area contributed by atoms with Gasteiger partial charge in [0.05, 0.1) is 5.69 Å². The second-order valence-electron chi connectivity index (χ2n) is 12.9. The van der Waals surface area contributed by atoms with E-state index in [4.69, 9.17) is 4.74 Å². The van der Waals surface area contributed by atoms with Crippen molar-refractivity contribution in [1.82, 2.24) is 0 Å². The van der Waals surface area contributed by atoms with Crippen LogP contribution in [0, 0.1) is 0 Å². The number of benzene rings is 9. The van der Waals surface area contributed by atoms with Crippen molar-refractivity contribution in [3.05, 3.63) is 194 Å². The molecule has 0 N–H and O–H groups in total. The van der Waals surface area contributed by atoms with E-state index in [9.17, 15) is 0 Å². The molecular formula is C48H32N2O. The molecule has 3 heteroatoms. The predicted octanol–water partition coefficient (Wildman–Crippen LogP) is 13.9. The lowest BCUT2D eigenvalue weighted by atomic mass is 9.88. The summed E-state index contributed by atoms with van der Waals surface area (Å²) in [5.74, 6) is 1.72. The van der Waals surface area contributed by atoms with Gasteiger partial charge in [-0.05, 0) is 106 Å². The lowest BCUT2D eigenvalue weighted by molar-refractivity contribution is 0.487. The second kappa shape index (κ2) is 11.9. The molecule has 1 aliphatic rings. The van der Waals surface area contributed by atoms with Gasteiger partial charge in [-0.3, -0.25) is 0 Å². The summed E-state index contributed by atoms with van der Waals surface area (Å²) in [6, 6.07) is 68.9. The number of rotatable bonds is 6. The third-order valence-corrected chi connectivity index (χ3v) is 9.97. The standard InChI is InChI=1S/C48H32N2O/c1-5-16-33(17-6-1)49(34-18-7-2-8-19-34)37-28-29-40-44-31-42-38-24-13-14-25-39(38)45(50(35-20-9-3-10-21-35)36-22-11-4-12-23-36)32-43(42)41-26-15-27-46(48(41)44)51-47(40)30-37/h1-32H. The lowest BCUT2D eigenvalue weighted by Crippen LogP contribution is -2.11. The van der Waals surface area contributed by atoms with Gasteiger partial charge in [0.25, 0.3) is 0 Å². The van der Waals surface area contributed by atoms with Crippen molar-refractivity contribution in [2.24, 2.45) is 0 Å². The summed E-state index contributed by atoms with van der Waals surface area (Å²) in [6.45, 7) is 0. The highest BCUT2D eigenvalue weighted by Crippen LogP contribution is 2.52. The molecular weight excluding hydrogens is 621 g/mol. The molecule has 1 heterocycles. The van der Waals surface area contributed by atoms with Crippen LogP contribution < -0.4 is 14.5 Å². The molecule has 0 atom stereocenters. The van der Waals surface area contributed by atoms with E-state index in [1.54, 1.807) is 0 Å². The minimum absolute atomic E-state index is 0.851. The molecule has 0 fully saturated rings. The SMILES string of the molecule is c1ccc(N(c2ccccc2)c2ccc3c(c2)Oc2cccc4c2c-3cc2c3ccccc3c(N(c3ccccc3)c3ccccc3)cc42)cc1. The van der Waals surface area contributed by atoms with Crippen LogP contribution in [0.15, 0.2) is 194 Å². The van der Waals surface area contributed by atoms with Crippen LogP contribution in [0.25, 0.3) is 43.4 Å². The molecule has 0 unspecified atom stereocenters. The van der Waals surface area contributed by atoms with Gasteiger partial charge in [-0.25, -0.2) is 0 Å². The van der Waals surface area contributed by atoms with Crippen molar-refractivity contribution in [1.29, 1.82) is 0 Å². The number of anilines is 6. The number of fused-ring (bicyclic) bond motifs is 6. The monoisotopic (exact) mass is 652 g/mol. The zero-order chi connectivity index (χ0) is 33.7. The molecule has 0 bridgehead atoms. The Hall–Kier alpha value is -6.84. The highest BCUT2D eigenvalue weighted by atomic mass is 16.5. The summed E-state index contributed by atoms with van der Waals surface area (Å²) in [5.41, 5.74) is 8.87. The van der Waals surface area contributed by atoms with E-state index in [0.29, 0.717) is 0 Å². The highest BCUT2D eigenvalue weighted by Gasteiger charge is 2.25. The molecule has 9 aromatic carbocycles. The molecule has 0 aliphatic carbocycles. The number of hydrogen-bond donors (Lipinski definition) is 0. The van der Waals surface area contributed by atoms with Crippen LogP contribution in [-0.2, 0) is 0 Å². The van der Waals surface area contributed by atoms with Crippen LogP contribution in [0.1, 0.15) is 0 Å². The first-order chi connectivity index (χ1) is 25.3. The van der Waals surface area contributed by atoms with Gasteiger partial charge in [-0.2, -0.15) is 0 Å². The van der Waals surface area contributed by atoms with E-state index < -0.39 is 0 Å². The molecule has 0 radical (unpaired) electrons. The summed E-state index contributed by atoms with van der Waals surface area (Å²) in [7, 11) is 0. The van der Waals surface area contributed by atoms with Crippen LogP contribution in [0.3, 0.4) is 0 Å². The predicted molar refractivity (Wildman–Crippen MR) is 214 cm³/mol. The highest BCUT2D eigenvalue weighted by molar-refractivity contribution is 6.25. The summed E-state index contributed by atoms with van der Waals surface area (Å²) in [4.78, 5) is 4.65. The maximum atomic E-state index is 6.83. The summed E-state index contributed by atoms with van der Waals surface area (Å²) < 4.78 is 6.83. The Bertz CT molecular complexity index is 2630. The first kappa shape index (κ1) is 29.1. The maximum absolute atomic E-state index is 6.83. The Morgan fingerprint density at radius 3 is 1.41 bits per heavy atom. The molecule has 10 rings (SSSR count). The zero-order valence-corrected chi connectivity index (χ0v) is 27.8. The Morgan fingerprint density at radius 1 is 0.294 bits per heavy atom. The topological polar surface area (TPSA) is 15.7 Å². The van der Waals surface area contributed by atoms with Crippen molar-refractivity contribution in [2.45, 2.75) is 0 Å². The van der Waals surface area contributed by atoms with Gasteiger partial charge in [0, 0.05) is 50.8 Å². The van der Waals surface area contributed by atoms with Gasteiger partial charge in [-0.15, -0.1) is 0 Å². The molecule has 0 aromatic heterocycles. The summed E-state index contributed by atoms with van der Waals surface area (Å²) >= 11 is 0. The van der Waals surface area contributed by atoms with Crippen LogP contribution >= 0.6 is 0 Å². The molecule has 0 amide bonds. The number of hydrogen-bond acceptors (Lipinski definition) is 3. The van der Waals surface area contributed by atoms with Gasteiger partial charge in [0.2, 0.25) is 0 Å². The van der Waals surface area contributed by atoms with Crippen molar-refractivity contribution < 1.29 is 4.74 Å². The minimum Gasteiger partial charge on any atom is -0.456 e. The average molecular weight is 653 g/mol. The largest absolute Gasteiger partial charge is 0.456 e. The molecule has 9 aromatic rings. The fourth-order valence-corrected chi connectivity index (χ4v) is 7.75. The van der Waals surface area contributed by atoms with Gasteiger partial charge in [-0.1, -0.05) is 109 Å². The maximum Gasteiger partial charge on any atom is 0.137 e. The van der Waals surface area contributed by atoms with Crippen molar-refractivity contribution >= 4 is 66.4 Å². The molecule has 3 nitrogen and oxygen atoms in total. The molecule has 0 saturated heterocycles. The lowest BCUT2D eigenvalue weighted by Gasteiger charge is -2.29. The Kier molecular flexibility index (Phi) is 6.81. The Morgan fingerprint density at radius 2 is 0.804 bits per heavy atom. The summed E-state index contributed by atoms with van der Waals surface area (Å²) in [5, 5.41) is 7.16. The fourth-order valence-electron chi connectivity index (χ4n) is 7.75. The third-order valence-electron chi connectivity index (χ3n) is 9.97. The quantitative estimate of drug-likeness (QED) is 0.166. The Balaban J connectivity index is 1.21. The number of ether oxygens (including phenoxy) is 1. The van der Waals surface area contributed by atoms with E-state index in [0.717, 1.165) is 56.6 Å². The molecule has 0 saturated carbocycles. The first-order valence-corrected chi connectivity index (χ1v) is 17.4. The van der Waals surface area contributed by atoms with Gasteiger partial charge in [0.15, 0.2) is 0 Å². The van der Waals surface area contributed by atoms with E-state index in [-0.39, 0.29) is 0 Å². The van der Waals surface area contributed by atoms with Crippen molar-refractivity contribution in [2.75, 3.05) is 9.80 Å². The molecule has 1 aliphatic heterocycles. The second-order valence-corrected chi connectivity index (χ2v) is 12.9. The summed E-state index contributed by atoms with van der Waals surface area (Å²) in [6.07, 6.45) is 0.